The summed E-state index contributed by atoms with van der Waals surface area (Å²) in [4.78, 5) is 22.2. The van der Waals surface area contributed by atoms with Gasteiger partial charge < -0.3 is 10.1 Å². The largest absolute Gasteiger partial charge is 0.444 e. The Hall–Kier alpha value is -3.09. The minimum absolute atomic E-state index is 0.0516. The van der Waals surface area contributed by atoms with E-state index in [1.807, 2.05) is 18.2 Å². The lowest BCUT2D eigenvalue weighted by atomic mass is 10.2. The van der Waals surface area contributed by atoms with Crippen LogP contribution >= 0.6 is 0 Å². The summed E-state index contributed by atoms with van der Waals surface area (Å²) in [6.45, 7) is 5.85. The molecule has 2 rings (SSSR count). The molecule has 2 aromatic rings. The van der Waals surface area contributed by atoms with E-state index < -0.39 is 16.6 Å². The van der Waals surface area contributed by atoms with Gasteiger partial charge in [0.2, 0.25) is 0 Å². The standard InChI is InChI=1S/C18H21N3O4/c1-18(2,3)25-17(22)20-16-7-5-4-6-15(16)19-12-13-8-10-14(11-9-13)21(23)24/h4-11,19H,12H2,1-3H3,(H,20,22). The van der Waals surface area contributed by atoms with Crippen molar-refractivity contribution in [1.29, 1.82) is 0 Å². The van der Waals surface area contributed by atoms with Gasteiger partial charge in [-0.25, -0.2) is 4.79 Å². The monoisotopic (exact) mass is 343 g/mol. The van der Waals surface area contributed by atoms with E-state index in [0.717, 1.165) is 11.3 Å². The van der Waals surface area contributed by atoms with Crippen LogP contribution in [0.5, 0.6) is 0 Å². The van der Waals surface area contributed by atoms with Crippen molar-refractivity contribution in [2.45, 2.75) is 32.9 Å². The number of carbonyl (C=O) groups is 1. The first-order valence-electron chi connectivity index (χ1n) is 7.81. The second kappa shape index (κ2) is 7.65. The van der Waals surface area contributed by atoms with Gasteiger partial charge in [-0.2, -0.15) is 0 Å². The first-order valence-corrected chi connectivity index (χ1v) is 7.81. The normalized spacial score (nSPS) is 10.8. The van der Waals surface area contributed by atoms with Gasteiger partial charge in [0.15, 0.2) is 0 Å². The number of non-ortho nitro benzene ring substituents is 1. The van der Waals surface area contributed by atoms with E-state index in [0.29, 0.717) is 12.2 Å². The fourth-order valence-corrected chi connectivity index (χ4v) is 2.09. The van der Waals surface area contributed by atoms with Gasteiger partial charge in [0.1, 0.15) is 5.60 Å². The molecule has 25 heavy (non-hydrogen) atoms. The average molecular weight is 343 g/mol. The second-order valence-electron chi connectivity index (χ2n) is 6.45. The highest BCUT2D eigenvalue weighted by atomic mass is 16.6. The molecule has 0 heterocycles. The Balaban J connectivity index is 2.02. The number of nitro groups is 1. The van der Waals surface area contributed by atoms with Crippen LogP contribution in [0.25, 0.3) is 0 Å². The molecule has 0 unspecified atom stereocenters. The van der Waals surface area contributed by atoms with Gasteiger partial charge in [0.25, 0.3) is 5.69 Å². The lowest BCUT2D eigenvalue weighted by Crippen LogP contribution is -2.27. The summed E-state index contributed by atoms with van der Waals surface area (Å²) < 4.78 is 5.25. The maximum atomic E-state index is 11.9. The van der Waals surface area contributed by atoms with E-state index in [-0.39, 0.29) is 5.69 Å². The molecule has 7 heteroatoms. The van der Waals surface area contributed by atoms with Gasteiger partial charge >= 0.3 is 6.09 Å². The third-order valence-electron chi connectivity index (χ3n) is 3.19. The van der Waals surface area contributed by atoms with Crippen molar-refractivity contribution >= 4 is 23.2 Å². The molecule has 0 aliphatic rings. The van der Waals surface area contributed by atoms with E-state index in [1.165, 1.54) is 12.1 Å². The fraction of sp³-hybridized carbons (Fsp3) is 0.278. The Kier molecular flexibility index (Phi) is 5.59. The van der Waals surface area contributed by atoms with Gasteiger partial charge in [-0.1, -0.05) is 24.3 Å². The molecular formula is C18H21N3O4. The van der Waals surface area contributed by atoms with Crippen molar-refractivity contribution in [1.82, 2.24) is 0 Å². The Morgan fingerprint density at radius 1 is 1.08 bits per heavy atom. The number of hydrogen-bond acceptors (Lipinski definition) is 5. The molecular weight excluding hydrogens is 322 g/mol. The molecule has 0 saturated heterocycles. The molecule has 0 bridgehead atoms. The zero-order chi connectivity index (χ0) is 18.4. The molecule has 0 radical (unpaired) electrons. The smallest absolute Gasteiger partial charge is 0.412 e. The predicted molar refractivity (Wildman–Crippen MR) is 96.7 cm³/mol. The van der Waals surface area contributed by atoms with E-state index in [4.69, 9.17) is 4.74 Å². The van der Waals surface area contributed by atoms with E-state index in [1.54, 1.807) is 39.0 Å². The summed E-state index contributed by atoms with van der Waals surface area (Å²) in [6.07, 6.45) is -0.530. The topological polar surface area (TPSA) is 93.5 Å². The summed E-state index contributed by atoms with van der Waals surface area (Å²) >= 11 is 0. The van der Waals surface area contributed by atoms with Crippen molar-refractivity contribution in [2.24, 2.45) is 0 Å². The van der Waals surface area contributed by atoms with E-state index in [2.05, 4.69) is 10.6 Å². The number of nitrogens with zero attached hydrogens (tertiary/aromatic N) is 1. The maximum Gasteiger partial charge on any atom is 0.412 e. The number of para-hydroxylation sites is 2. The molecule has 132 valence electrons. The van der Waals surface area contributed by atoms with Crippen LogP contribution < -0.4 is 10.6 Å². The molecule has 2 aromatic carbocycles. The molecule has 1 amide bonds. The predicted octanol–water partition coefficient (Wildman–Crippen LogP) is 4.55. The molecule has 0 atom stereocenters. The molecule has 0 fully saturated rings. The third-order valence-corrected chi connectivity index (χ3v) is 3.19. The molecule has 0 aliphatic heterocycles. The number of hydrogen-bond donors (Lipinski definition) is 2. The van der Waals surface area contributed by atoms with Crippen LogP contribution in [0.1, 0.15) is 26.3 Å². The molecule has 0 saturated carbocycles. The van der Waals surface area contributed by atoms with Crippen molar-refractivity contribution in [3.05, 3.63) is 64.2 Å². The van der Waals surface area contributed by atoms with Gasteiger partial charge in [-0.3, -0.25) is 15.4 Å². The van der Waals surface area contributed by atoms with Crippen molar-refractivity contribution < 1.29 is 14.5 Å². The Morgan fingerprint density at radius 3 is 2.24 bits per heavy atom. The minimum Gasteiger partial charge on any atom is -0.444 e. The van der Waals surface area contributed by atoms with Gasteiger partial charge in [-0.05, 0) is 38.5 Å². The number of anilines is 2. The summed E-state index contributed by atoms with van der Waals surface area (Å²) in [5, 5.41) is 16.6. The highest BCUT2D eigenvalue weighted by molar-refractivity contribution is 5.89. The van der Waals surface area contributed by atoms with Gasteiger partial charge in [0.05, 0.1) is 16.3 Å². The van der Waals surface area contributed by atoms with Crippen LogP contribution in [0.2, 0.25) is 0 Å². The van der Waals surface area contributed by atoms with Gasteiger partial charge in [0, 0.05) is 18.7 Å². The SMILES string of the molecule is CC(C)(C)OC(=O)Nc1ccccc1NCc1ccc([N+](=O)[O-])cc1. The Labute approximate surface area is 146 Å². The highest BCUT2D eigenvalue weighted by Crippen LogP contribution is 2.23. The molecule has 2 N–H and O–H groups in total. The summed E-state index contributed by atoms with van der Waals surface area (Å²) in [5.41, 5.74) is 1.68. The Bertz CT molecular complexity index is 752. The van der Waals surface area contributed by atoms with Crippen LogP contribution in [-0.2, 0) is 11.3 Å². The van der Waals surface area contributed by atoms with Gasteiger partial charge in [-0.15, -0.1) is 0 Å². The highest BCUT2D eigenvalue weighted by Gasteiger charge is 2.17. The van der Waals surface area contributed by atoms with Crippen LogP contribution in [0.3, 0.4) is 0 Å². The third kappa shape index (κ3) is 5.80. The lowest BCUT2D eigenvalue weighted by Gasteiger charge is -2.20. The summed E-state index contributed by atoms with van der Waals surface area (Å²) in [6, 6.07) is 13.6. The van der Waals surface area contributed by atoms with Crippen molar-refractivity contribution in [3.63, 3.8) is 0 Å². The summed E-state index contributed by atoms with van der Waals surface area (Å²) in [5.74, 6) is 0. The molecule has 0 aliphatic carbocycles. The average Bonchev–Trinajstić information content (AvgIpc) is 2.52. The number of nitrogens with one attached hydrogen (secondary N) is 2. The molecule has 0 aromatic heterocycles. The number of amides is 1. The number of carbonyl (C=O) groups excluding carboxylic acids is 1. The van der Waals surface area contributed by atoms with Crippen LogP contribution in [0, 0.1) is 10.1 Å². The first-order chi connectivity index (χ1) is 11.7. The Morgan fingerprint density at radius 2 is 1.68 bits per heavy atom. The number of rotatable bonds is 5. The number of ether oxygens (including phenoxy) is 1. The van der Waals surface area contributed by atoms with Crippen molar-refractivity contribution in [2.75, 3.05) is 10.6 Å². The van der Waals surface area contributed by atoms with E-state index in [9.17, 15) is 14.9 Å². The second-order valence-corrected chi connectivity index (χ2v) is 6.45. The molecule has 7 nitrogen and oxygen atoms in total. The quantitative estimate of drug-likeness (QED) is 0.613. The number of benzene rings is 2. The lowest BCUT2D eigenvalue weighted by molar-refractivity contribution is -0.384. The van der Waals surface area contributed by atoms with Crippen LogP contribution in [0.4, 0.5) is 21.9 Å². The van der Waals surface area contributed by atoms with E-state index >= 15 is 0 Å². The zero-order valence-electron chi connectivity index (χ0n) is 14.4. The fourth-order valence-electron chi connectivity index (χ4n) is 2.09. The minimum atomic E-state index is -0.578. The number of nitro benzene ring substituents is 1. The van der Waals surface area contributed by atoms with Crippen molar-refractivity contribution in [3.8, 4) is 0 Å². The van der Waals surface area contributed by atoms with Crippen LogP contribution in [0.15, 0.2) is 48.5 Å². The first kappa shape index (κ1) is 18.3. The maximum absolute atomic E-state index is 11.9. The zero-order valence-corrected chi connectivity index (χ0v) is 14.4. The van der Waals surface area contributed by atoms with Crippen LogP contribution in [-0.4, -0.2) is 16.6 Å². The molecule has 0 spiro atoms. The summed E-state index contributed by atoms with van der Waals surface area (Å²) in [7, 11) is 0.